The van der Waals surface area contributed by atoms with Gasteiger partial charge in [-0.15, -0.1) is 11.3 Å². The van der Waals surface area contributed by atoms with Gasteiger partial charge in [0.15, 0.2) is 5.13 Å². The minimum Gasteiger partial charge on any atom is -0.463 e. The average Bonchev–Trinajstić information content (AvgIpc) is 3.23. The first-order valence-corrected chi connectivity index (χ1v) is 8.85. The zero-order chi connectivity index (χ0) is 17.2. The maximum atomic E-state index is 12.5. The summed E-state index contributed by atoms with van der Waals surface area (Å²) in [6.07, 6.45) is 4.00. The number of nitrogens with zero attached hydrogens (tertiary/aromatic N) is 1. The molecule has 6 heteroatoms. The molecule has 0 saturated heterocycles. The highest BCUT2D eigenvalue weighted by Gasteiger charge is 2.15. The topological polar surface area (TPSA) is 55.1 Å². The summed E-state index contributed by atoms with van der Waals surface area (Å²) in [6.45, 7) is 0. The van der Waals surface area contributed by atoms with E-state index < -0.39 is 0 Å². The number of carbonyl (C=O) groups excluding carboxylic acids is 1. The summed E-state index contributed by atoms with van der Waals surface area (Å²) >= 11 is 7.36. The summed E-state index contributed by atoms with van der Waals surface area (Å²) in [4.78, 5) is 17.8. The first-order chi connectivity index (χ1) is 12.2. The Morgan fingerprint density at radius 2 is 1.96 bits per heavy atom. The number of amides is 1. The minimum absolute atomic E-state index is 0.225. The van der Waals surface area contributed by atoms with Gasteiger partial charge in [-0.3, -0.25) is 10.1 Å². The van der Waals surface area contributed by atoms with Crippen molar-refractivity contribution >= 4 is 44.9 Å². The second-order valence-electron chi connectivity index (χ2n) is 5.53. The fourth-order valence-electron chi connectivity index (χ4n) is 2.57. The second kappa shape index (κ2) is 6.70. The average molecular weight is 369 g/mol. The molecule has 0 spiro atoms. The molecule has 0 bridgehead atoms. The van der Waals surface area contributed by atoms with Gasteiger partial charge >= 0.3 is 0 Å². The van der Waals surface area contributed by atoms with Gasteiger partial charge in [-0.1, -0.05) is 41.9 Å². The van der Waals surface area contributed by atoms with Crippen LogP contribution in [0.3, 0.4) is 0 Å². The van der Waals surface area contributed by atoms with E-state index in [4.69, 9.17) is 16.0 Å². The molecule has 4 nitrogen and oxygen atoms in total. The maximum Gasteiger partial charge on any atom is 0.261 e. The van der Waals surface area contributed by atoms with Crippen LogP contribution in [0.25, 0.3) is 11.0 Å². The Hall–Kier alpha value is -2.63. The predicted octanol–water partition coefficient (Wildman–Crippen LogP) is 5.39. The normalized spacial score (nSPS) is 10.9. The number of thiazole rings is 1. The number of hydrogen-bond donors (Lipinski definition) is 1. The number of anilines is 1. The number of rotatable bonds is 4. The van der Waals surface area contributed by atoms with Crippen molar-refractivity contribution in [1.82, 2.24) is 4.98 Å². The van der Waals surface area contributed by atoms with Gasteiger partial charge in [-0.2, -0.15) is 0 Å². The third-order valence-corrected chi connectivity index (χ3v) is 4.96. The fraction of sp³-hybridized carbons (Fsp3) is 0.0526. The molecule has 2 aromatic carbocycles. The lowest BCUT2D eigenvalue weighted by Gasteiger charge is -1.99. The molecule has 124 valence electrons. The lowest BCUT2D eigenvalue weighted by molar-refractivity contribution is 0.102. The van der Waals surface area contributed by atoms with E-state index in [9.17, 15) is 4.79 Å². The molecule has 0 radical (unpaired) electrons. The highest BCUT2D eigenvalue weighted by Crippen LogP contribution is 2.25. The molecule has 0 aliphatic heterocycles. The van der Waals surface area contributed by atoms with Crippen molar-refractivity contribution in [2.24, 2.45) is 0 Å². The first kappa shape index (κ1) is 15.9. The quantitative estimate of drug-likeness (QED) is 0.525. The standard InChI is InChI=1S/C19H13ClN2O2S/c20-13-7-5-12(6-8-13)9-14-10-21-19(25-14)22-18(23)16-11-24-17-4-2-1-3-15(16)17/h1-8,10-11H,9H2,(H,21,22,23). The number of halogens is 1. The van der Waals surface area contributed by atoms with Crippen LogP contribution >= 0.6 is 22.9 Å². The summed E-state index contributed by atoms with van der Waals surface area (Å²) in [5.74, 6) is -0.225. The van der Waals surface area contributed by atoms with Crippen molar-refractivity contribution in [3.63, 3.8) is 0 Å². The summed E-state index contributed by atoms with van der Waals surface area (Å²) in [5.41, 5.74) is 2.34. The molecule has 0 atom stereocenters. The molecule has 4 aromatic rings. The fourth-order valence-corrected chi connectivity index (χ4v) is 3.54. The largest absolute Gasteiger partial charge is 0.463 e. The van der Waals surface area contributed by atoms with Crippen molar-refractivity contribution in [2.45, 2.75) is 6.42 Å². The molecule has 0 aliphatic carbocycles. The number of fused-ring (bicyclic) bond motifs is 1. The molecule has 25 heavy (non-hydrogen) atoms. The van der Waals surface area contributed by atoms with Crippen LogP contribution < -0.4 is 5.32 Å². The Kier molecular flexibility index (Phi) is 4.26. The lowest BCUT2D eigenvalue weighted by Crippen LogP contribution is -2.10. The number of para-hydroxylation sites is 1. The van der Waals surface area contributed by atoms with Gasteiger partial charge in [-0.05, 0) is 23.8 Å². The van der Waals surface area contributed by atoms with E-state index in [0.29, 0.717) is 21.3 Å². The number of carbonyl (C=O) groups is 1. The Bertz CT molecular complexity index is 1040. The Morgan fingerprint density at radius 1 is 1.16 bits per heavy atom. The molecule has 1 amide bonds. The summed E-state index contributed by atoms with van der Waals surface area (Å²) in [6, 6.07) is 15.1. The Balaban J connectivity index is 1.49. The maximum absolute atomic E-state index is 12.5. The van der Waals surface area contributed by atoms with Crippen LogP contribution in [0.5, 0.6) is 0 Å². The monoisotopic (exact) mass is 368 g/mol. The molecule has 1 N–H and O–H groups in total. The van der Waals surface area contributed by atoms with Gasteiger partial charge in [0.2, 0.25) is 0 Å². The smallest absolute Gasteiger partial charge is 0.261 e. The van der Waals surface area contributed by atoms with Crippen molar-refractivity contribution in [3.8, 4) is 0 Å². The van der Waals surface area contributed by atoms with Crippen LogP contribution in [0.2, 0.25) is 5.02 Å². The van der Waals surface area contributed by atoms with Crippen LogP contribution in [0.1, 0.15) is 20.8 Å². The van der Waals surface area contributed by atoms with Crippen LogP contribution in [0.4, 0.5) is 5.13 Å². The molecular formula is C19H13ClN2O2S. The van der Waals surface area contributed by atoms with E-state index in [-0.39, 0.29) is 5.91 Å². The third kappa shape index (κ3) is 3.43. The molecule has 0 saturated carbocycles. The molecule has 4 rings (SSSR count). The van der Waals surface area contributed by atoms with E-state index in [1.54, 1.807) is 6.20 Å². The first-order valence-electron chi connectivity index (χ1n) is 7.66. The van der Waals surface area contributed by atoms with Gasteiger partial charge in [0.05, 0.1) is 5.56 Å². The van der Waals surface area contributed by atoms with E-state index in [0.717, 1.165) is 22.2 Å². The lowest BCUT2D eigenvalue weighted by atomic mass is 10.1. The van der Waals surface area contributed by atoms with Crippen molar-refractivity contribution < 1.29 is 9.21 Å². The molecule has 0 aliphatic rings. The molecule has 0 unspecified atom stereocenters. The third-order valence-electron chi connectivity index (χ3n) is 3.79. The van der Waals surface area contributed by atoms with E-state index >= 15 is 0 Å². The van der Waals surface area contributed by atoms with E-state index in [1.807, 2.05) is 48.5 Å². The highest BCUT2D eigenvalue weighted by atomic mass is 35.5. The molecule has 2 aromatic heterocycles. The van der Waals surface area contributed by atoms with Crippen molar-refractivity contribution in [1.29, 1.82) is 0 Å². The zero-order valence-corrected chi connectivity index (χ0v) is 14.6. The van der Waals surface area contributed by atoms with Gasteiger partial charge < -0.3 is 4.42 Å². The Morgan fingerprint density at radius 3 is 2.80 bits per heavy atom. The number of benzene rings is 2. The second-order valence-corrected chi connectivity index (χ2v) is 7.09. The van der Waals surface area contributed by atoms with Gasteiger partial charge in [0, 0.05) is 27.9 Å². The molecule has 2 heterocycles. The SMILES string of the molecule is O=C(Nc1ncc(Cc2ccc(Cl)cc2)s1)c1coc2ccccc12. The van der Waals surface area contributed by atoms with Crippen molar-refractivity contribution in [2.75, 3.05) is 5.32 Å². The van der Waals surface area contributed by atoms with Crippen LogP contribution in [-0.2, 0) is 6.42 Å². The van der Waals surface area contributed by atoms with E-state index in [2.05, 4.69) is 10.3 Å². The summed E-state index contributed by atoms with van der Waals surface area (Å²) < 4.78 is 5.41. The van der Waals surface area contributed by atoms with Crippen LogP contribution in [0.15, 0.2) is 65.4 Å². The van der Waals surface area contributed by atoms with Gasteiger partial charge in [0.1, 0.15) is 11.8 Å². The summed E-state index contributed by atoms with van der Waals surface area (Å²) in [7, 11) is 0. The number of hydrogen-bond acceptors (Lipinski definition) is 4. The molecular weight excluding hydrogens is 356 g/mol. The summed E-state index contributed by atoms with van der Waals surface area (Å²) in [5, 5.41) is 4.91. The van der Waals surface area contributed by atoms with Crippen LogP contribution in [0, 0.1) is 0 Å². The van der Waals surface area contributed by atoms with Gasteiger partial charge in [0.25, 0.3) is 5.91 Å². The number of aromatic nitrogens is 1. The zero-order valence-electron chi connectivity index (χ0n) is 13.0. The Labute approximate surface area is 153 Å². The predicted molar refractivity (Wildman–Crippen MR) is 101 cm³/mol. The van der Waals surface area contributed by atoms with Crippen molar-refractivity contribution in [3.05, 3.63) is 82.0 Å². The van der Waals surface area contributed by atoms with Gasteiger partial charge in [-0.25, -0.2) is 4.98 Å². The number of furan rings is 1. The molecule has 0 fully saturated rings. The minimum atomic E-state index is -0.225. The van der Waals surface area contributed by atoms with Crippen LogP contribution in [-0.4, -0.2) is 10.9 Å². The highest BCUT2D eigenvalue weighted by molar-refractivity contribution is 7.15. The van der Waals surface area contributed by atoms with E-state index in [1.165, 1.54) is 17.6 Å². The number of nitrogens with one attached hydrogen (secondary N) is 1.